The van der Waals surface area contributed by atoms with Gasteiger partial charge in [0.25, 0.3) is 0 Å². The molecular formula is C19H21N5O. The van der Waals surface area contributed by atoms with Crippen LogP contribution in [0.2, 0.25) is 0 Å². The van der Waals surface area contributed by atoms with Gasteiger partial charge in [0.1, 0.15) is 11.7 Å². The fourth-order valence-electron chi connectivity index (χ4n) is 4.20. The van der Waals surface area contributed by atoms with Crippen molar-refractivity contribution in [3.63, 3.8) is 0 Å². The largest absolute Gasteiger partial charge is 0.394 e. The lowest BCUT2D eigenvalue weighted by atomic mass is 9.91. The second kappa shape index (κ2) is 5.46. The third-order valence-corrected chi connectivity index (χ3v) is 5.30. The van der Waals surface area contributed by atoms with Crippen LogP contribution in [0.3, 0.4) is 0 Å². The molecule has 3 aliphatic carbocycles. The van der Waals surface area contributed by atoms with Gasteiger partial charge in [-0.15, -0.1) is 0 Å². The number of aliphatic hydroxyl groups is 1. The molecular weight excluding hydrogens is 314 g/mol. The molecule has 0 bridgehead atoms. The standard InChI is InChI=1S/C19H21N5O/c1-2-24-19-18(22-23(8-9-25)11-20-19)15-7-6-14-13-5-3-4-12(13)10-16(21-24)17(14)15/h3,5,7,11,22,25H,2,4,6,8-10H2,1H3. The summed E-state index contributed by atoms with van der Waals surface area (Å²) in [4.78, 5) is 4.65. The van der Waals surface area contributed by atoms with Crippen molar-refractivity contribution in [3.8, 4) is 0 Å². The monoisotopic (exact) mass is 335 g/mol. The Hall–Kier alpha value is -2.60. The summed E-state index contributed by atoms with van der Waals surface area (Å²) >= 11 is 0. The van der Waals surface area contributed by atoms with Crippen LogP contribution in [-0.4, -0.2) is 36.3 Å². The molecule has 0 fully saturated rings. The van der Waals surface area contributed by atoms with Gasteiger partial charge >= 0.3 is 0 Å². The third-order valence-electron chi connectivity index (χ3n) is 5.30. The van der Waals surface area contributed by atoms with Crippen LogP contribution in [0.1, 0.15) is 25.5 Å². The van der Waals surface area contributed by atoms with Crippen molar-refractivity contribution in [2.75, 3.05) is 6.61 Å². The number of H-pyrrole nitrogens is 1. The van der Waals surface area contributed by atoms with Gasteiger partial charge in [0, 0.05) is 23.4 Å². The third kappa shape index (κ3) is 2.07. The van der Waals surface area contributed by atoms with Crippen molar-refractivity contribution in [1.29, 1.82) is 0 Å². The van der Waals surface area contributed by atoms with Crippen molar-refractivity contribution in [1.82, 2.24) is 24.5 Å². The van der Waals surface area contributed by atoms with Gasteiger partial charge in [0.15, 0.2) is 5.48 Å². The summed E-state index contributed by atoms with van der Waals surface area (Å²) < 4.78 is 3.82. The summed E-state index contributed by atoms with van der Waals surface area (Å²) in [7, 11) is 0. The summed E-state index contributed by atoms with van der Waals surface area (Å²) in [5, 5.41) is 21.1. The van der Waals surface area contributed by atoms with Gasteiger partial charge < -0.3 is 5.11 Å². The molecule has 6 heteroatoms. The van der Waals surface area contributed by atoms with E-state index in [1.165, 1.54) is 27.2 Å². The number of fused-ring (bicyclic) bond motifs is 2. The molecule has 25 heavy (non-hydrogen) atoms. The highest BCUT2D eigenvalue weighted by Crippen LogP contribution is 2.32. The van der Waals surface area contributed by atoms with Gasteiger partial charge in [-0.3, -0.25) is 9.78 Å². The van der Waals surface area contributed by atoms with E-state index < -0.39 is 0 Å². The molecule has 2 heterocycles. The van der Waals surface area contributed by atoms with Gasteiger partial charge in [-0.1, -0.05) is 23.8 Å². The number of aromatic nitrogens is 5. The lowest BCUT2D eigenvalue weighted by molar-refractivity contribution is 0.266. The molecule has 5 aliphatic rings. The minimum Gasteiger partial charge on any atom is -0.394 e. The first-order chi connectivity index (χ1) is 12.3. The predicted octanol–water partition coefficient (Wildman–Crippen LogP) is 0.417. The highest BCUT2D eigenvalue weighted by Gasteiger charge is 2.24. The number of nitrogens with one attached hydrogen (secondary N) is 1. The number of nitrogens with zero attached hydrogens (tertiary/aromatic N) is 4. The molecule has 0 atom stereocenters. The van der Waals surface area contributed by atoms with E-state index >= 15 is 0 Å². The van der Waals surface area contributed by atoms with Crippen LogP contribution in [0.5, 0.6) is 0 Å². The van der Waals surface area contributed by atoms with E-state index in [4.69, 9.17) is 5.10 Å². The zero-order valence-electron chi connectivity index (χ0n) is 14.3. The molecule has 5 rings (SSSR count). The number of aromatic amines is 1. The molecule has 2 aliphatic heterocycles. The summed E-state index contributed by atoms with van der Waals surface area (Å²) in [5.41, 5.74) is 6.32. The Morgan fingerprint density at radius 2 is 2.24 bits per heavy atom. The Kier molecular flexibility index (Phi) is 3.21. The quantitative estimate of drug-likeness (QED) is 0.854. The lowest BCUT2D eigenvalue weighted by Crippen LogP contribution is -2.31. The Balaban J connectivity index is 1.97. The number of rotatable bonds is 3. The fraction of sp³-hybridized carbons (Fsp3) is 0.368. The maximum atomic E-state index is 9.26. The molecule has 0 saturated carbocycles. The van der Waals surface area contributed by atoms with E-state index in [0.29, 0.717) is 6.54 Å². The number of aryl methyl sites for hydroxylation is 1. The number of aliphatic hydroxyl groups excluding tert-OH is 1. The van der Waals surface area contributed by atoms with Crippen LogP contribution < -0.4 is 10.4 Å². The maximum Gasteiger partial charge on any atom is 0.176 e. The first-order valence-electron chi connectivity index (χ1n) is 8.91. The lowest BCUT2D eigenvalue weighted by Gasteiger charge is -2.14. The molecule has 0 aromatic heterocycles. The van der Waals surface area contributed by atoms with Crippen LogP contribution >= 0.6 is 0 Å². The van der Waals surface area contributed by atoms with E-state index in [9.17, 15) is 5.11 Å². The van der Waals surface area contributed by atoms with E-state index in [0.717, 1.165) is 42.3 Å². The minimum atomic E-state index is 0.0783. The first kappa shape index (κ1) is 14.7. The zero-order valence-corrected chi connectivity index (χ0v) is 14.3. The van der Waals surface area contributed by atoms with Crippen LogP contribution in [0.15, 0.2) is 29.6 Å². The van der Waals surface area contributed by atoms with E-state index in [1.54, 1.807) is 6.33 Å². The molecule has 0 amide bonds. The van der Waals surface area contributed by atoms with E-state index in [1.807, 2.05) is 9.36 Å². The first-order valence-corrected chi connectivity index (χ1v) is 8.91. The van der Waals surface area contributed by atoms with Crippen LogP contribution in [0.25, 0.3) is 11.6 Å². The summed E-state index contributed by atoms with van der Waals surface area (Å²) in [6.45, 7) is 3.44. The average Bonchev–Trinajstić information content (AvgIpc) is 3.23. The van der Waals surface area contributed by atoms with Crippen molar-refractivity contribution in [2.45, 2.75) is 39.3 Å². The Bertz CT molecular complexity index is 1170. The van der Waals surface area contributed by atoms with Gasteiger partial charge in [0.2, 0.25) is 0 Å². The van der Waals surface area contributed by atoms with Crippen molar-refractivity contribution >= 4 is 11.6 Å². The normalized spacial score (nSPS) is 17.1. The van der Waals surface area contributed by atoms with Gasteiger partial charge in [0.05, 0.1) is 18.8 Å². The molecule has 0 aromatic carbocycles. The summed E-state index contributed by atoms with van der Waals surface area (Å²) in [5.74, 6) is 0. The van der Waals surface area contributed by atoms with Crippen molar-refractivity contribution in [3.05, 3.63) is 56.6 Å². The van der Waals surface area contributed by atoms with Crippen LogP contribution in [-0.2, 0) is 19.5 Å². The summed E-state index contributed by atoms with van der Waals surface area (Å²) in [6.07, 6.45) is 11.5. The van der Waals surface area contributed by atoms with Crippen LogP contribution in [0, 0.1) is 10.8 Å². The van der Waals surface area contributed by atoms with Crippen molar-refractivity contribution < 1.29 is 5.11 Å². The predicted molar refractivity (Wildman–Crippen MR) is 94.3 cm³/mol. The zero-order chi connectivity index (χ0) is 17.0. The van der Waals surface area contributed by atoms with Gasteiger partial charge in [-0.2, -0.15) is 5.10 Å². The number of hydrogen-bond acceptors (Lipinski definition) is 3. The van der Waals surface area contributed by atoms with E-state index in [-0.39, 0.29) is 6.61 Å². The number of hydrogen-bond donors (Lipinski definition) is 2. The molecule has 6 nitrogen and oxygen atoms in total. The average molecular weight is 335 g/mol. The highest BCUT2D eigenvalue weighted by molar-refractivity contribution is 5.79. The molecule has 0 radical (unpaired) electrons. The molecule has 0 unspecified atom stereocenters. The number of allylic oxidation sites excluding steroid dienone is 4. The Labute approximate surface area is 144 Å². The Morgan fingerprint density at radius 3 is 3.08 bits per heavy atom. The molecule has 2 N–H and O–H groups in total. The van der Waals surface area contributed by atoms with E-state index in [2.05, 4.69) is 35.2 Å². The molecule has 0 spiro atoms. The molecule has 0 saturated heterocycles. The molecule has 128 valence electrons. The topological polar surface area (TPSA) is 71.7 Å². The van der Waals surface area contributed by atoms with Crippen molar-refractivity contribution in [2.24, 2.45) is 0 Å². The SMILES string of the molecule is CCn1nc2c3c(c4[nH]n(CCO)cnc1=4)=CCC=3C1=C(CC=C1)C2. The second-order valence-electron chi connectivity index (χ2n) is 6.71. The Morgan fingerprint density at radius 1 is 1.32 bits per heavy atom. The second-order valence-corrected chi connectivity index (χ2v) is 6.71. The minimum absolute atomic E-state index is 0.0783. The van der Waals surface area contributed by atoms with Gasteiger partial charge in [-0.05, 0) is 30.9 Å². The highest BCUT2D eigenvalue weighted by atomic mass is 16.3. The molecule has 0 aromatic rings. The van der Waals surface area contributed by atoms with Gasteiger partial charge in [-0.25, -0.2) is 9.67 Å². The maximum absolute atomic E-state index is 9.26. The smallest absolute Gasteiger partial charge is 0.176 e. The van der Waals surface area contributed by atoms with Crippen LogP contribution in [0.4, 0.5) is 0 Å². The fourth-order valence-corrected chi connectivity index (χ4v) is 4.20. The summed E-state index contributed by atoms with van der Waals surface area (Å²) in [6, 6.07) is 0.